The Hall–Kier alpha value is -1.82. The van der Waals surface area contributed by atoms with Crippen LogP contribution in [0.5, 0.6) is 5.75 Å². The average molecular weight is 175 g/mol. The first-order valence-electron chi connectivity index (χ1n) is 3.85. The second-order valence-electron chi connectivity index (χ2n) is 2.84. The summed E-state index contributed by atoms with van der Waals surface area (Å²) in [6.07, 6.45) is 0.301. The van der Waals surface area contributed by atoms with Gasteiger partial charge < -0.3 is 5.11 Å². The van der Waals surface area contributed by atoms with E-state index in [1.54, 1.807) is 6.07 Å². The molecule has 3 nitrogen and oxygen atoms in total. The molecule has 0 unspecified atom stereocenters. The summed E-state index contributed by atoms with van der Waals surface area (Å²) in [5, 5.41) is 17.7. The zero-order chi connectivity index (χ0) is 9.84. The normalized spacial score (nSPS) is 9.23. The molecule has 0 radical (unpaired) electrons. The van der Waals surface area contributed by atoms with E-state index in [0.29, 0.717) is 6.42 Å². The molecule has 1 aromatic rings. The molecule has 0 saturated heterocycles. The number of carbonyl (C=O) groups excluding carboxylic acids is 1. The van der Waals surface area contributed by atoms with Crippen molar-refractivity contribution < 1.29 is 9.90 Å². The fourth-order valence-electron chi connectivity index (χ4n) is 1.07. The first kappa shape index (κ1) is 9.27. The predicted octanol–water partition coefficient (Wildman–Crippen LogP) is 1.40. The molecule has 0 aliphatic heterocycles. The molecule has 0 aromatic heterocycles. The molecule has 0 bridgehead atoms. The molecule has 0 atom stereocenters. The summed E-state index contributed by atoms with van der Waals surface area (Å²) < 4.78 is 0. The number of Topliss-reactive ketones (excluding diaryl/α,β-unsaturated/α-hetero) is 1. The van der Waals surface area contributed by atoms with Crippen molar-refractivity contribution in [2.75, 3.05) is 0 Å². The Morgan fingerprint density at radius 2 is 2.31 bits per heavy atom. The molecule has 0 saturated carbocycles. The van der Waals surface area contributed by atoms with Gasteiger partial charge in [0.15, 0.2) is 0 Å². The second kappa shape index (κ2) is 3.72. The molecule has 0 aliphatic carbocycles. The van der Waals surface area contributed by atoms with E-state index in [-0.39, 0.29) is 17.1 Å². The van der Waals surface area contributed by atoms with E-state index in [0.717, 1.165) is 5.56 Å². The number of carbonyl (C=O) groups is 1. The van der Waals surface area contributed by atoms with E-state index in [2.05, 4.69) is 0 Å². The highest BCUT2D eigenvalue weighted by atomic mass is 16.3. The molecule has 3 heteroatoms. The van der Waals surface area contributed by atoms with E-state index < -0.39 is 0 Å². The van der Waals surface area contributed by atoms with Gasteiger partial charge in [0, 0.05) is 6.42 Å². The Kier molecular flexibility index (Phi) is 2.65. The molecule has 1 rings (SSSR count). The lowest BCUT2D eigenvalue weighted by molar-refractivity contribution is -0.116. The number of ketones is 1. The van der Waals surface area contributed by atoms with Crippen molar-refractivity contribution in [1.82, 2.24) is 0 Å². The molecule has 0 heterocycles. The number of benzene rings is 1. The first-order valence-corrected chi connectivity index (χ1v) is 3.85. The van der Waals surface area contributed by atoms with Crippen molar-refractivity contribution in [2.24, 2.45) is 0 Å². The van der Waals surface area contributed by atoms with E-state index in [1.807, 2.05) is 6.07 Å². The van der Waals surface area contributed by atoms with Crippen LogP contribution in [0.3, 0.4) is 0 Å². The molecule has 0 aliphatic rings. The fourth-order valence-corrected chi connectivity index (χ4v) is 1.07. The smallest absolute Gasteiger partial charge is 0.134 e. The van der Waals surface area contributed by atoms with Crippen LogP contribution in [0.15, 0.2) is 18.2 Å². The molecule has 1 N–H and O–H groups in total. The van der Waals surface area contributed by atoms with Crippen LogP contribution in [-0.4, -0.2) is 10.9 Å². The van der Waals surface area contributed by atoms with Gasteiger partial charge in [-0.15, -0.1) is 0 Å². The molecule has 0 fully saturated rings. The summed E-state index contributed by atoms with van der Waals surface area (Å²) in [5.74, 6) is -0.00983. The van der Waals surface area contributed by atoms with Crippen LogP contribution >= 0.6 is 0 Å². The van der Waals surface area contributed by atoms with Gasteiger partial charge in [-0.25, -0.2) is 0 Å². The van der Waals surface area contributed by atoms with Crippen molar-refractivity contribution in [1.29, 1.82) is 5.26 Å². The summed E-state index contributed by atoms with van der Waals surface area (Å²) in [6.45, 7) is 1.49. The van der Waals surface area contributed by atoms with Crippen LogP contribution in [0.2, 0.25) is 0 Å². The van der Waals surface area contributed by atoms with Gasteiger partial charge in [0.2, 0.25) is 0 Å². The van der Waals surface area contributed by atoms with Crippen molar-refractivity contribution >= 4 is 5.78 Å². The van der Waals surface area contributed by atoms with Gasteiger partial charge in [0.05, 0.1) is 5.56 Å². The predicted molar refractivity (Wildman–Crippen MR) is 47.2 cm³/mol. The summed E-state index contributed by atoms with van der Waals surface area (Å²) in [6, 6.07) is 6.44. The summed E-state index contributed by atoms with van der Waals surface area (Å²) in [7, 11) is 0. The lowest BCUT2D eigenvalue weighted by Crippen LogP contribution is -1.96. The van der Waals surface area contributed by atoms with Gasteiger partial charge in [-0.1, -0.05) is 6.07 Å². The molecule has 0 amide bonds. The fraction of sp³-hybridized carbons (Fsp3) is 0.200. The SMILES string of the molecule is CC(=O)Cc1ccc(O)c(C#N)c1. The molecule has 1 aromatic carbocycles. The van der Waals surface area contributed by atoms with Crippen molar-refractivity contribution in [3.63, 3.8) is 0 Å². The average Bonchev–Trinajstić information content (AvgIpc) is 2.07. The Labute approximate surface area is 76.2 Å². The summed E-state index contributed by atoms with van der Waals surface area (Å²) in [5.41, 5.74) is 0.959. The number of rotatable bonds is 2. The van der Waals surface area contributed by atoms with Crippen LogP contribution < -0.4 is 0 Å². The van der Waals surface area contributed by atoms with E-state index in [1.165, 1.54) is 19.1 Å². The molecular weight excluding hydrogens is 166 g/mol. The Bertz CT molecular complexity index is 377. The number of hydrogen-bond donors (Lipinski definition) is 1. The van der Waals surface area contributed by atoms with Crippen LogP contribution in [-0.2, 0) is 11.2 Å². The van der Waals surface area contributed by atoms with Crippen LogP contribution in [0, 0.1) is 11.3 Å². The van der Waals surface area contributed by atoms with E-state index in [9.17, 15) is 4.79 Å². The number of phenolic OH excluding ortho intramolecular Hbond substituents is 1. The monoisotopic (exact) mass is 175 g/mol. The van der Waals surface area contributed by atoms with E-state index in [4.69, 9.17) is 10.4 Å². The minimum absolute atomic E-state index is 0.0366. The Morgan fingerprint density at radius 1 is 1.62 bits per heavy atom. The van der Waals surface area contributed by atoms with Gasteiger partial charge in [0.25, 0.3) is 0 Å². The third-order valence-corrected chi connectivity index (χ3v) is 1.63. The van der Waals surface area contributed by atoms with E-state index >= 15 is 0 Å². The highest BCUT2D eigenvalue weighted by molar-refractivity contribution is 5.78. The van der Waals surface area contributed by atoms with Crippen LogP contribution in [0.4, 0.5) is 0 Å². The standard InChI is InChI=1S/C10H9NO2/c1-7(12)4-8-2-3-10(13)9(5-8)6-11/h2-3,5,13H,4H2,1H3. The van der Waals surface area contributed by atoms with Gasteiger partial charge in [-0.2, -0.15) is 5.26 Å². The maximum atomic E-state index is 10.8. The second-order valence-corrected chi connectivity index (χ2v) is 2.84. The molecular formula is C10H9NO2. The number of hydrogen-bond acceptors (Lipinski definition) is 3. The minimum Gasteiger partial charge on any atom is -0.507 e. The zero-order valence-corrected chi connectivity index (χ0v) is 7.24. The zero-order valence-electron chi connectivity index (χ0n) is 7.24. The highest BCUT2D eigenvalue weighted by Gasteiger charge is 2.03. The quantitative estimate of drug-likeness (QED) is 0.738. The molecule has 66 valence electrons. The van der Waals surface area contributed by atoms with Gasteiger partial charge in [-0.05, 0) is 24.6 Å². The lowest BCUT2D eigenvalue weighted by atomic mass is 10.1. The first-order chi connectivity index (χ1) is 6.13. The maximum absolute atomic E-state index is 10.8. The van der Waals surface area contributed by atoms with Crippen molar-refractivity contribution in [3.8, 4) is 11.8 Å². The summed E-state index contributed by atoms with van der Waals surface area (Å²) in [4.78, 5) is 10.8. The number of nitriles is 1. The number of aromatic hydroxyl groups is 1. The van der Waals surface area contributed by atoms with Crippen molar-refractivity contribution in [3.05, 3.63) is 29.3 Å². The highest BCUT2D eigenvalue weighted by Crippen LogP contribution is 2.17. The number of nitrogens with zero attached hydrogens (tertiary/aromatic N) is 1. The summed E-state index contributed by atoms with van der Waals surface area (Å²) >= 11 is 0. The topological polar surface area (TPSA) is 61.1 Å². The van der Waals surface area contributed by atoms with Crippen LogP contribution in [0.25, 0.3) is 0 Å². The maximum Gasteiger partial charge on any atom is 0.134 e. The van der Waals surface area contributed by atoms with Crippen molar-refractivity contribution in [2.45, 2.75) is 13.3 Å². The Morgan fingerprint density at radius 3 is 2.85 bits per heavy atom. The molecule has 13 heavy (non-hydrogen) atoms. The third-order valence-electron chi connectivity index (χ3n) is 1.63. The largest absolute Gasteiger partial charge is 0.507 e. The molecule has 0 spiro atoms. The minimum atomic E-state index is -0.0465. The lowest BCUT2D eigenvalue weighted by Gasteiger charge is -1.99. The van der Waals surface area contributed by atoms with Gasteiger partial charge in [-0.3, -0.25) is 4.79 Å². The third kappa shape index (κ3) is 2.31. The van der Waals surface area contributed by atoms with Gasteiger partial charge >= 0.3 is 0 Å². The van der Waals surface area contributed by atoms with Gasteiger partial charge in [0.1, 0.15) is 17.6 Å². The number of phenols is 1. The Balaban J connectivity index is 3.01. The van der Waals surface area contributed by atoms with Crippen LogP contribution in [0.1, 0.15) is 18.1 Å².